The lowest BCUT2D eigenvalue weighted by molar-refractivity contribution is 0.0951. The molecule has 5 nitrogen and oxygen atoms in total. The Balaban J connectivity index is 1.65. The monoisotopic (exact) mass is 478 g/mol. The first kappa shape index (κ1) is 21.0. The standard InChI is InChI=1S/C25H23BrN2O3/c1-30-17-9-7-16(8-10-17)21(22-15-27-24-6-4-3-5-19(22)24)14-28-25(29)20-13-18(31-2)11-12-23(20)26/h3-13,15,21,27H,14H2,1-2H3,(H,28,29). The lowest BCUT2D eigenvalue weighted by Crippen LogP contribution is -2.29. The predicted molar refractivity (Wildman–Crippen MR) is 126 cm³/mol. The van der Waals surface area contributed by atoms with Gasteiger partial charge in [0.25, 0.3) is 5.91 Å². The van der Waals surface area contributed by atoms with E-state index in [1.165, 1.54) is 0 Å². The largest absolute Gasteiger partial charge is 0.497 e. The average molecular weight is 479 g/mol. The molecule has 1 aromatic heterocycles. The number of carbonyl (C=O) groups excluding carboxylic acids is 1. The molecule has 3 aromatic carbocycles. The lowest BCUT2D eigenvalue weighted by atomic mass is 9.90. The minimum atomic E-state index is -0.163. The topological polar surface area (TPSA) is 63.4 Å². The number of aromatic nitrogens is 1. The highest BCUT2D eigenvalue weighted by Gasteiger charge is 2.20. The second kappa shape index (κ2) is 9.27. The number of hydrogen-bond acceptors (Lipinski definition) is 3. The van der Waals surface area contributed by atoms with E-state index in [4.69, 9.17) is 9.47 Å². The molecule has 1 heterocycles. The molecule has 4 rings (SSSR count). The van der Waals surface area contributed by atoms with Gasteiger partial charge in [-0.2, -0.15) is 0 Å². The van der Waals surface area contributed by atoms with Gasteiger partial charge in [-0.25, -0.2) is 0 Å². The van der Waals surface area contributed by atoms with Gasteiger partial charge in [0.2, 0.25) is 0 Å². The Kier molecular flexibility index (Phi) is 6.28. The molecule has 1 amide bonds. The van der Waals surface area contributed by atoms with E-state index in [1.54, 1.807) is 20.3 Å². The van der Waals surface area contributed by atoms with Gasteiger partial charge in [0.15, 0.2) is 0 Å². The van der Waals surface area contributed by atoms with E-state index in [1.807, 2.05) is 54.7 Å². The van der Waals surface area contributed by atoms with Crippen LogP contribution in [0.25, 0.3) is 10.9 Å². The first-order valence-electron chi connectivity index (χ1n) is 9.92. The number of aromatic amines is 1. The van der Waals surface area contributed by atoms with Crippen molar-refractivity contribution in [3.63, 3.8) is 0 Å². The first-order valence-corrected chi connectivity index (χ1v) is 10.7. The molecular weight excluding hydrogens is 456 g/mol. The smallest absolute Gasteiger partial charge is 0.252 e. The summed E-state index contributed by atoms with van der Waals surface area (Å²) < 4.78 is 11.3. The summed E-state index contributed by atoms with van der Waals surface area (Å²) in [6.07, 6.45) is 2.02. The normalized spacial score (nSPS) is 11.8. The summed E-state index contributed by atoms with van der Waals surface area (Å²) in [5, 5.41) is 4.24. The van der Waals surface area contributed by atoms with Gasteiger partial charge in [0.05, 0.1) is 19.8 Å². The van der Waals surface area contributed by atoms with Gasteiger partial charge in [0.1, 0.15) is 11.5 Å². The summed E-state index contributed by atoms with van der Waals surface area (Å²) in [6, 6.07) is 21.5. The minimum absolute atomic E-state index is 0.0320. The molecule has 1 unspecified atom stereocenters. The summed E-state index contributed by atoms with van der Waals surface area (Å²) >= 11 is 3.46. The van der Waals surface area contributed by atoms with Gasteiger partial charge in [0, 0.05) is 34.0 Å². The number of rotatable bonds is 7. The summed E-state index contributed by atoms with van der Waals surface area (Å²) in [5.74, 6) is 1.24. The van der Waals surface area contributed by atoms with Crippen molar-refractivity contribution in [1.82, 2.24) is 10.3 Å². The van der Waals surface area contributed by atoms with Crippen LogP contribution in [0.15, 0.2) is 77.4 Å². The third-order valence-corrected chi connectivity index (χ3v) is 6.09. The number of H-pyrrole nitrogens is 1. The van der Waals surface area contributed by atoms with Crippen molar-refractivity contribution in [2.24, 2.45) is 0 Å². The van der Waals surface area contributed by atoms with Crippen LogP contribution >= 0.6 is 15.9 Å². The Morgan fingerprint density at radius 1 is 1.00 bits per heavy atom. The summed E-state index contributed by atoms with van der Waals surface area (Å²) in [7, 11) is 3.24. The van der Waals surface area contributed by atoms with Crippen LogP contribution in [0.2, 0.25) is 0 Å². The molecule has 0 aliphatic rings. The highest BCUT2D eigenvalue weighted by molar-refractivity contribution is 9.10. The van der Waals surface area contributed by atoms with Crippen molar-refractivity contribution in [2.45, 2.75) is 5.92 Å². The fraction of sp³-hybridized carbons (Fsp3) is 0.160. The predicted octanol–water partition coefficient (Wildman–Crippen LogP) is 5.51. The molecular formula is C25H23BrN2O3. The molecule has 0 saturated heterocycles. The number of halogens is 1. The summed E-state index contributed by atoms with van der Waals surface area (Å²) in [4.78, 5) is 16.3. The number of nitrogens with one attached hydrogen (secondary N) is 2. The van der Waals surface area contributed by atoms with Gasteiger partial charge < -0.3 is 19.8 Å². The number of methoxy groups -OCH3 is 2. The Bertz CT molecular complexity index is 1200. The molecule has 0 spiro atoms. The van der Waals surface area contributed by atoms with Crippen LogP contribution in [-0.2, 0) is 0 Å². The number of carbonyl (C=O) groups is 1. The second-order valence-corrected chi connectivity index (χ2v) is 8.03. The number of amides is 1. The Hall–Kier alpha value is -3.25. The Morgan fingerprint density at radius 2 is 1.71 bits per heavy atom. The van der Waals surface area contributed by atoms with E-state index >= 15 is 0 Å². The quantitative estimate of drug-likeness (QED) is 0.368. The number of fused-ring (bicyclic) bond motifs is 1. The maximum absolute atomic E-state index is 13.0. The molecule has 0 saturated carbocycles. The summed E-state index contributed by atoms with van der Waals surface area (Å²) in [6.45, 7) is 0.441. The van der Waals surface area contributed by atoms with Gasteiger partial charge in [-0.05, 0) is 63.5 Å². The van der Waals surface area contributed by atoms with Crippen molar-refractivity contribution in [3.8, 4) is 11.5 Å². The SMILES string of the molecule is COc1ccc(C(CNC(=O)c2cc(OC)ccc2Br)c2c[nH]c3ccccc23)cc1. The van der Waals surface area contributed by atoms with E-state index in [9.17, 15) is 4.79 Å². The zero-order chi connectivity index (χ0) is 21.8. The molecule has 1 atom stereocenters. The maximum atomic E-state index is 13.0. The van der Waals surface area contributed by atoms with Gasteiger partial charge in [-0.15, -0.1) is 0 Å². The molecule has 4 aromatic rings. The maximum Gasteiger partial charge on any atom is 0.252 e. The van der Waals surface area contributed by atoms with Crippen LogP contribution in [0.3, 0.4) is 0 Å². The highest BCUT2D eigenvalue weighted by atomic mass is 79.9. The molecule has 6 heteroatoms. The molecule has 0 bridgehead atoms. The van der Waals surface area contributed by atoms with Crippen LogP contribution < -0.4 is 14.8 Å². The Morgan fingerprint density at radius 3 is 2.45 bits per heavy atom. The molecule has 0 fully saturated rings. The molecule has 31 heavy (non-hydrogen) atoms. The van der Waals surface area contributed by atoms with Crippen LogP contribution in [0.4, 0.5) is 0 Å². The van der Waals surface area contributed by atoms with Gasteiger partial charge in [-0.3, -0.25) is 4.79 Å². The van der Waals surface area contributed by atoms with Gasteiger partial charge >= 0.3 is 0 Å². The van der Waals surface area contributed by atoms with Crippen LogP contribution in [0.5, 0.6) is 11.5 Å². The molecule has 2 N–H and O–H groups in total. The molecule has 0 aliphatic heterocycles. The van der Waals surface area contributed by atoms with Gasteiger partial charge in [-0.1, -0.05) is 30.3 Å². The molecule has 0 radical (unpaired) electrons. The van der Waals surface area contributed by atoms with Crippen LogP contribution in [0.1, 0.15) is 27.4 Å². The van der Waals surface area contributed by atoms with E-state index in [0.29, 0.717) is 17.9 Å². The van der Waals surface area contributed by atoms with Crippen LogP contribution in [0, 0.1) is 0 Å². The second-order valence-electron chi connectivity index (χ2n) is 7.17. The highest BCUT2D eigenvalue weighted by Crippen LogP contribution is 2.32. The fourth-order valence-electron chi connectivity index (χ4n) is 3.72. The van der Waals surface area contributed by atoms with Crippen molar-refractivity contribution < 1.29 is 14.3 Å². The van der Waals surface area contributed by atoms with E-state index in [0.717, 1.165) is 32.3 Å². The minimum Gasteiger partial charge on any atom is -0.497 e. The Labute approximate surface area is 189 Å². The van der Waals surface area contributed by atoms with Crippen molar-refractivity contribution in [2.75, 3.05) is 20.8 Å². The number of ether oxygens (including phenoxy) is 2. The van der Waals surface area contributed by atoms with E-state index < -0.39 is 0 Å². The molecule has 158 valence electrons. The number of hydrogen-bond donors (Lipinski definition) is 2. The number of benzene rings is 3. The zero-order valence-corrected chi connectivity index (χ0v) is 18.9. The van der Waals surface area contributed by atoms with E-state index in [-0.39, 0.29) is 11.8 Å². The van der Waals surface area contributed by atoms with Crippen molar-refractivity contribution in [1.29, 1.82) is 0 Å². The average Bonchev–Trinajstić information content (AvgIpc) is 3.24. The van der Waals surface area contributed by atoms with Crippen molar-refractivity contribution in [3.05, 3.63) is 94.1 Å². The van der Waals surface area contributed by atoms with Crippen molar-refractivity contribution >= 4 is 32.7 Å². The summed E-state index contributed by atoms with van der Waals surface area (Å²) in [5.41, 5.74) is 3.82. The first-order chi connectivity index (χ1) is 15.1. The number of para-hydroxylation sites is 1. The fourth-order valence-corrected chi connectivity index (χ4v) is 4.15. The third-order valence-electron chi connectivity index (χ3n) is 5.40. The molecule has 0 aliphatic carbocycles. The van der Waals surface area contributed by atoms with Crippen LogP contribution in [-0.4, -0.2) is 31.7 Å². The zero-order valence-electron chi connectivity index (χ0n) is 17.3. The third kappa shape index (κ3) is 4.44. The van der Waals surface area contributed by atoms with E-state index in [2.05, 4.69) is 38.4 Å². The lowest BCUT2D eigenvalue weighted by Gasteiger charge is -2.19.